The van der Waals surface area contributed by atoms with Crippen LogP contribution in [0.3, 0.4) is 0 Å². The fourth-order valence-corrected chi connectivity index (χ4v) is 5.87. The molecular formula is C30H32ClFN2O2S. The van der Waals surface area contributed by atoms with Gasteiger partial charge in [0.2, 0.25) is 11.8 Å². The molecule has 0 heterocycles. The van der Waals surface area contributed by atoms with E-state index in [1.54, 1.807) is 23.1 Å². The van der Waals surface area contributed by atoms with Crippen LogP contribution in [0.1, 0.15) is 42.4 Å². The van der Waals surface area contributed by atoms with E-state index in [4.69, 9.17) is 11.6 Å². The number of hydrogen-bond donors (Lipinski definition) is 1. The van der Waals surface area contributed by atoms with Crippen LogP contribution in [0.2, 0.25) is 5.02 Å². The second kappa shape index (κ2) is 13.6. The van der Waals surface area contributed by atoms with E-state index in [9.17, 15) is 14.0 Å². The molecule has 0 aliphatic heterocycles. The highest BCUT2D eigenvalue weighted by Crippen LogP contribution is 2.24. The predicted molar refractivity (Wildman–Crippen MR) is 149 cm³/mol. The molecule has 0 saturated heterocycles. The van der Waals surface area contributed by atoms with Crippen molar-refractivity contribution in [3.63, 3.8) is 0 Å². The molecule has 37 heavy (non-hydrogen) atoms. The summed E-state index contributed by atoms with van der Waals surface area (Å²) in [5.74, 6) is -0.0591. The number of nitrogens with one attached hydrogen (secondary N) is 1. The van der Waals surface area contributed by atoms with Crippen LogP contribution in [0, 0.1) is 5.82 Å². The van der Waals surface area contributed by atoms with Crippen LogP contribution < -0.4 is 5.32 Å². The van der Waals surface area contributed by atoms with Gasteiger partial charge in [-0.1, -0.05) is 91.2 Å². The highest BCUT2D eigenvalue weighted by Gasteiger charge is 2.32. The third kappa shape index (κ3) is 7.83. The van der Waals surface area contributed by atoms with Crippen molar-refractivity contribution < 1.29 is 14.0 Å². The fourth-order valence-electron chi connectivity index (χ4n) is 4.68. The number of carbonyl (C=O) groups is 2. The van der Waals surface area contributed by atoms with Crippen molar-refractivity contribution in [1.82, 2.24) is 10.2 Å². The van der Waals surface area contributed by atoms with Gasteiger partial charge in [0, 0.05) is 35.3 Å². The van der Waals surface area contributed by atoms with E-state index in [1.807, 2.05) is 54.6 Å². The van der Waals surface area contributed by atoms with E-state index in [2.05, 4.69) is 5.32 Å². The minimum atomic E-state index is -0.754. The molecule has 1 fully saturated rings. The first-order valence-corrected chi connectivity index (χ1v) is 14.2. The molecule has 4 nitrogen and oxygen atoms in total. The number of halogens is 2. The highest BCUT2D eigenvalue weighted by atomic mass is 35.5. The number of nitrogens with zero attached hydrogens (tertiary/aromatic N) is 1. The first-order valence-electron chi connectivity index (χ1n) is 12.7. The standard InChI is InChI=1S/C30H32ClFN2O2S/c31-26-16-8-4-13-24(26)20-37-21-29(35)34(19-23-12-5-9-17-27(23)32)28(18-22-10-2-1-3-11-22)30(36)33-25-14-6-7-15-25/h1-5,8-13,16-17,25,28H,6-7,14-15,18-21H2,(H,33,36). The summed E-state index contributed by atoms with van der Waals surface area (Å²) in [6.45, 7) is 0.0216. The van der Waals surface area contributed by atoms with Gasteiger partial charge in [-0.2, -0.15) is 0 Å². The van der Waals surface area contributed by atoms with Crippen LogP contribution in [-0.2, 0) is 28.3 Å². The van der Waals surface area contributed by atoms with Gasteiger partial charge < -0.3 is 10.2 Å². The molecular weight excluding hydrogens is 507 g/mol. The molecule has 3 aromatic rings. The van der Waals surface area contributed by atoms with E-state index in [0.717, 1.165) is 36.8 Å². The zero-order valence-corrected chi connectivity index (χ0v) is 22.3. The molecule has 2 amide bonds. The van der Waals surface area contributed by atoms with Gasteiger partial charge in [0.1, 0.15) is 11.9 Å². The highest BCUT2D eigenvalue weighted by molar-refractivity contribution is 7.99. The van der Waals surface area contributed by atoms with E-state index >= 15 is 0 Å². The molecule has 1 aliphatic carbocycles. The normalized spacial score (nSPS) is 14.3. The minimum Gasteiger partial charge on any atom is -0.352 e. The smallest absolute Gasteiger partial charge is 0.243 e. The molecule has 1 atom stereocenters. The largest absolute Gasteiger partial charge is 0.352 e. The quantitative estimate of drug-likeness (QED) is 0.307. The molecule has 1 N–H and O–H groups in total. The van der Waals surface area contributed by atoms with Gasteiger partial charge in [-0.3, -0.25) is 9.59 Å². The molecule has 3 aromatic carbocycles. The van der Waals surface area contributed by atoms with Gasteiger partial charge in [0.25, 0.3) is 0 Å². The average molecular weight is 539 g/mol. The molecule has 194 valence electrons. The van der Waals surface area contributed by atoms with Crippen molar-refractivity contribution in [1.29, 1.82) is 0 Å². The maximum absolute atomic E-state index is 14.7. The minimum absolute atomic E-state index is 0.0216. The summed E-state index contributed by atoms with van der Waals surface area (Å²) in [4.78, 5) is 28.9. The molecule has 4 rings (SSSR count). The number of thioether (sulfide) groups is 1. The van der Waals surface area contributed by atoms with E-state index in [-0.39, 0.29) is 30.2 Å². The zero-order chi connectivity index (χ0) is 26.0. The molecule has 0 aromatic heterocycles. The lowest BCUT2D eigenvalue weighted by atomic mass is 10.0. The Labute approximate surface area is 227 Å². The van der Waals surface area contributed by atoms with Gasteiger partial charge >= 0.3 is 0 Å². The van der Waals surface area contributed by atoms with Crippen LogP contribution in [-0.4, -0.2) is 34.6 Å². The Hall–Kier alpha value is -2.83. The summed E-state index contributed by atoms with van der Waals surface area (Å²) < 4.78 is 14.7. The second-order valence-electron chi connectivity index (χ2n) is 9.39. The first-order chi connectivity index (χ1) is 18.0. The number of carbonyl (C=O) groups excluding carboxylic acids is 2. The van der Waals surface area contributed by atoms with Crippen LogP contribution in [0.15, 0.2) is 78.9 Å². The Bertz CT molecular complexity index is 1190. The molecule has 1 saturated carbocycles. The summed E-state index contributed by atoms with van der Waals surface area (Å²) in [6.07, 6.45) is 4.42. The number of rotatable bonds is 11. The van der Waals surface area contributed by atoms with Crippen molar-refractivity contribution in [3.05, 3.63) is 106 Å². The third-order valence-corrected chi connectivity index (χ3v) is 8.05. The Morgan fingerprint density at radius 1 is 0.946 bits per heavy atom. The zero-order valence-electron chi connectivity index (χ0n) is 20.7. The summed E-state index contributed by atoms with van der Waals surface area (Å²) >= 11 is 7.73. The van der Waals surface area contributed by atoms with Crippen LogP contribution >= 0.6 is 23.4 Å². The van der Waals surface area contributed by atoms with Gasteiger partial charge in [-0.25, -0.2) is 4.39 Å². The van der Waals surface area contributed by atoms with Crippen LogP contribution in [0.4, 0.5) is 4.39 Å². The van der Waals surface area contributed by atoms with Crippen molar-refractivity contribution >= 4 is 35.2 Å². The lowest BCUT2D eigenvalue weighted by Crippen LogP contribution is -2.52. The van der Waals surface area contributed by atoms with Crippen molar-refractivity contribution in [3.8, 4) is 0 Å². The monoisotopic (exact) mass is 538 g/mol. The van der Waals surface area contributed by atoms with Crippen LogP contribution in [0.5, 0.6) is 0 Å². The molecule has 0 spiro atoms. The Kier molecular flexibility index (Phi) is 10.0. The lowest BCUT2D eigenvalue weighted by molar-refractivity contribution is -0.139. The molecule has 1 aliphatic rings. The third-order valence-electron chi connectivity index (χ3n) is 6.71. The summed E-state index contributed by atoms with van der Waals surface area (Å²) in [7, 11) is 0. The Morgan fingerprint density at radius 3 is 2.30 bits per heavy atom. The van der Waals surface area contributed by atoms with Crippen molar-refractivity contribution in [2.75, 3.05) is 5.75 Å². The molecule has 1 unspecified atom stereocenters. The van der Waals surface area contributed by atoms with E-state index < -0.39 is 11.9 Å². The van der Waals surface area contributed by atoms with Crippen LogP contribution in [0.25, 0.3) is 0 Å². The fraction of sp³-hybridized carbons (Fsp3) is 0.333. The predicted octanol–water partition coefficient (Wildman–Crippen LogP) is 6.41. The van der Waals surface area contributed by atoms with E-state index in [0.29, 0.717) is 22.8 Å². The summed E-state index contributed by atoms with van der Waals surface area (Å²) in [5.41, 5.74) is 2.28. The maximum Gasteiger partial charge on any atom is 0.243 e. The molecule has 0 bridgehead atoms. The number of benzene rings is 3. The summed E-state index contributed by atoms with van der Waals surface area (Å²) in [6, 6.07) is 23.0. The summed E-state index contributed by atoms with van der Waals surface area (Å²) in [5, 5.41) is 3.83. The average Bonchev–Trinajstić information content (AvgIpc) is 3.42. The van der Waals surface area contributed by atoms with Gasteiger partial charge in [-0.05, 0) is 36.1 Å². The van der Waals surface area contributed by atoms with E-state index in [1.165, 1.54) is 17.8 Å². The number of amides is 2. The van der Waals surface area contributed by atoms with Crippen molar-refractivity contribution in [2.45, 2.75) is 56.5 Å². The van der Waals surface area contributed by atoms with Gasteiger partial charge in [0.05, 0.1) is 5.75 Å². The first kappa shape index (κ1) is 27.2. The second-order valence-corrected chi connectivity index (χ2v) is 10.8. The van der Waals surface area contributed by atoms with Gasteiger partial charge in [-0.15, -0.1) is 11.8 Å². The Balaban J connectivity index is 1.58. The van der Waals surface area contributed by atoms with Gasteiger partial charge in [0.15, 0.2) is 0 Å². The molecule has 0 radical (unpaired) electrons. The maximum atomic E-state index is 14.7. The lowest BCUT2D eigenvalue weighted by Gasteiger charge is -2.32. The number of hydrogen-bond acceptors (Lipinski definition) is 3. The topological polar surface area (TPSA) is 49.4 Å². The SMILES string of the molecule is O=C(NC1CCCC1)C(Cc1ccccc1)N(Cc1ccccc1F)C(=O)CSCc1ccccc1Cl. The molecule has 7 heteroatoms. The Morgan fingerprint density at radius 2 is 1.59 bits per heavy atom. The van der Waals surface area contributed by atoms with Crippen molar-refractivity contribution in [2.24, 2.45) is 0 Å².